The van der Waals surface area contributed by atoms with Crippen molar-refractivity contribution in [1.29, 1.82) is 0 Å². The molecule has 94 valence electrons. The molecule has 0 aliphatic heterocycles. The van der Waals surface area contributed by atoms with Gasteiger partial charge in [-0.3, -0.25) is 15.3 Å². The molecule has 18 heavy (non-hydrogen) atoms. The summed E-state index contributed by atoms with van der Waals surface area (Å²) in [5.74, 6) is 0.306. The molecule has 2 aromatic heterocycles. The zero-order chi connectivity index (χ0) is 13.0. The number of nitrogens with one attached hydrogen (secondary N) is 2. The van der Waals surface area contributed by atoms with E-state index in [1.165, 1.54) is 0 Å². The quantitative estimate of drug-likeness (QED) is 0.855. The van der Waals surface area contributed by atoms with Gasteiger partial charge in [0, 0.05) is 12.3 Å². The highest BCUT2D eigenvalue weighted by molar-refractivity contribution is 5.87. The molecule has 0 atom stereocenters. The number of anilines is 1. The number of amides is 2. The fourth-order valence-corrected chi connectivity index (χ4v) is 1.26. The third-order valence-corrected chi connectivity index (χ3v) is 2.13. The van der Waals surface area contributed by atoms with Crippen molar-refractivity contribution in [2.75, 3.05) is 5.32 Å². The summed E-state index contributed by atoms with van der Waals surface area (Å²) in [5, 5.41) is 8.81. The minimum atomic E-state index is -0.381. The van der Waals surface area contributed by atoms with Crippen molar-refractivity contribution in [3.63, 3.8) is 0 Å². The Kier molecular flexibility index (Phi) is 3.52. The molecule has 0 aliphatic rings. The number of hydrogen-bond donors (Lipinski definition) is 2. The predicted molar refractivity (Wildman–Crippen MR) is 63.9 cm³/mol. The third-order valence-electron chi connectivity index (χ3n) is 2.13. The molecule has 0 bridgehead atoms. The molecule has 7 nitrogen and oxygen atoms in total. The van der Waals surface area contributed by atoms with Crippen LogP contribution in [-0.2, 0) is 6.54 Å². The maximum absolute atomic E-state index is 11.5. The highest BCUT2D eigenvalue weighted by Crippen LogP contribution is 2.07. The first kappa shape index (κ1) is 12.0. The molecule has 0 aromatic carbocycles. The number of carbonyl (C=O) groups is 1. The standard InChI is InChI=1S/C11H13N5O2/c1-7-3-10(18-16-7)15-11(17)14-6-9-5-12-8(2)4-13-9/h3-5H,6H2,1-2H3,(H2,14,15,17). The first-order valence-electron chi connectivity index (χ1n) is 5.39. The number of nitrogens with zero attached hydrogens (tertiary/aromatic N) is 3. The average molecular weight is 247 g/mol. The second kappa shape index (κ2) is 5.26. The number of urea groups is 1. The molecule has 0 radical (unpaired) electrons. The molecular formula is C11H13N5O2. The zero-order valence-electron chi connectivity index (χ0n) is 10.1. The molecule has 7 heteroatoms. The van der Waals surface area contributed by atoms with E-state index in [-0.39, 0.29) is 6.03 Å². The van der Waals surface area contributed by atoms with E-state index in [1.807, 2.05) is 6.92 Å². The average Bonchev–Trinajstić information content (AvgIpc) is 2.74. The van der Waals surface area contributed by atoms with Crippen LogP contribution in [0.15, 0.2) is 23.0 Å². The van der Waals surface area contributed by atoms with Crippen molar-refractivity contribution in [2.45, 2.75) is 20.4 Å². The lowest BCUT2D eigenvalue weighted by Gasteiger charge is -2.04. The number of aryl methyl sites for hydroxylation is 2. The van der Waals surface area contributed by atoms with E-state index in [9.17, 15) is 4.79 Å². The molecule has 0 unspecified atom stereocenters. The molecule has 0 spiro atoms. The van der Waals surface area contributed by atoms with Crippen LogP contribution in [0.25, 0.3) is 0 Å². The van der Waals surface area contributed by atoms with Crippen LogP contribution < -0.4 is 10.6 Å². The molecule has 2 aromatic rings. The maximum atomic E-state index is 11.5. The van der Waals surface area contributed by atoms with E-state index in [2.05, 4.69) is 25.8 Å². The minimum Gasteiger partial charge on any atom is -0.338 e. The van der Waals surface area contributed by atoms with Crippen LogP contribution in [-0.4, -0.2) is 21.2 Å². The molecule has 0 fully saturated rings. The molecule has 0 aliphatic carbocycles. The number of hydrogen-bond acceptors (Lipinski definition) is 5. The van der Waals surface area contributed by atoms with Gasteiger partial charge < -0.3 is 9.84 Å². The highest BCUT2D eigenvalue weighted by atomic mass is 16.5. The van der Waals surface area contributed by atoms with Crippen molar-refractivity contribution in [2.24, 2.45) is 0 Å². The summed E-state index contributed by atoms with van der Waals surface area (Å²) >= 11 is 0. The van der Waals surface area contributed by atoms with E-state index in [0.717, 1.165) is 5.69 Å². The van der Waals surface area contributed by atoms with Crippen LogP contribution >= 0.6 is 0 Å². The summed E-state index contributed by atoms with van der Waals surface area (Å²) in [6.45, 7) is 3.92. The Bertz CT molecular complexity index is 535. The fraction of sp³-hybridized carbons (Fsp3) is 0.273. The Morgan fingerprint density at radius 1 is 1.28 bits per heavy atom. The van der Waals surface area contributed by atoms with E-state index < -0.39 is 0 Å². The maximum Gasteiger partial charge on any atom is 0.321 e. The lowest BCUT2D eigenvalue weighted by atomic mass is 10.4. The van der Waals surface area contributed by atoms with Crippen molar-refractivity contribution < 1.29 is 9.32 Å². The molecule has 0 saturated carbocycles. The third kappa shape index (κ3) is 3.27. The van der Waals surface area contributed by atoms with Crippen LogP contribution in [0, 0.1) is 13.8 Å². The van der Waals surface area contributed by atoms with Crippen LogP contribution in [0.3, 0.4) is 0 Å². The number of carbonyl (C=O) groups excluding carboxylic acids is 1. The van der Waals surface area contributed by atoms with E-state index in [1.54, 1.807) is 25.4 Å². The smallest absolute Gasteiger partial charge is 0.321 e. The second-order valence-corrected chi connectivity index (χ2v) is 3.79. The van der Waals surface area contributed by atoms with Crippen molar-refractivity contribution in [1.82, 2.24) is 20.4 Å². The van der Waals surface area contributed by atoms with E-state index in [4.69, 9.17) is 4.52 Å². The topological polar surface area (TPSA) is 92.9 Å². The molecule has 2 N–H and O–H groups in total. The van der Waals surface area contributed by atoms with Crippen molar-refractivity contribution >= 4 is 11.9 Å². The van der Waals surface area contributed by atoms with Gasteiger partial charge in [0.25, 0.3) is 0 Å². The summed E-state index contributed by atoms with van der Waals surface area (Å²) in [5.41, 5.74) is 2.22. The summed E-state index contributed by atoms with van der Waals surface area (Å²) in [4.78, 5) is 19.7. The summed E-state index contributed by atoms with van der Waals surface area (Å²) in [7, 11) is 0. The van der Waals surface area contributed by atoms with Gasteiger partial charge in [-0.15, -0.1) is 0 Å². The van der Waals surface area contributed by atoms with Crippen LogP contribution in [0.1, 0.15) is 17.1 Å². The van der Waals surface area contributed by atoms with E-state index in [0.29, 0.717) is 23.8 Å². The molecule has 2 heterocycles. The SMILES string of the molecule is Cc1cnc(CNC(=O)Nc2cc(C)no2)cn1. The second-order valence-electron chi connectivity index (χ2n) is 3.79. The molecular weight excluding hydrogens is 234 g/mol. The minimum absolute atomic E-state index is 0.298. The molecule has 2 amide bonds. The number of rotatable bonds is 3. The Balaban J connectivity index is 1.83. The van der Waals surface area contributed by atoms with Gasteiger partial charge in [0.15, 0.2) is 0 Å². The first-order chi connectivity index (χ1) is 8.63. The lowest BCUT2D eigenvalue weighted by molar-refractivity contribution is 0.250. The van der Waals surface area contributed by atoms with Gasteiger partial charge in [0.05, 0.1) is 29.8 Å². The van der Waals surface area contributed by atoms with Gasteiger partial charge >= 0.3 is 6.03 Å². The lowest BCUT2D eigenvalue weighted by Crippen LogP contribution is -2.28. The number of aromatic nitrogens is 3. The van der Waals surface area contributed by atoms with Gasteiger partial charge in [-0.2, -0.15) is 0 Å². The van der Waals surface area contributed by atoms with Gasteiger partial charge in [-0.05, 0) is 13.8 Å². The van der Waals surface area contributed by atoms with Gasteiger partial charge in [-0.25, -0.2) is 4.79 Å². The van der Waals surface area contributed by atoms with E-state index >= 15 is 0 Å². The molecule has 2 rings (SSSR count). The first-order valence-corrected chi connectivity index (χ1v) is 5.39. The monoisotopic (exact) mass is 247 g/mol. The Morgan fingerprint density at radius 3 is 2.72 bits per heavy atom. The summed E-state index contributed by atoms with van der Waals surface area (Å²) < 4.78 is 4.85. The Labute approximate surface area is 104 Å². The molecule has 0 saturated heterocycles. The normalized spacial score (nSPS) is 10.1. The predicted octanol–water partition coefficient (Wildman–Crippen LogP) is 1.40. The van der Waals surface area contributed by atoms with Crippen LogP contribution in [0.4, 0.5) is 10.7 Å². The van der Waals surface area contributed by atoms with Crippen molar-refractivity contribution in [3.05, 3.63) is 35.5 Å². The largest absolute Gasteiger partial charge is 0.338 e. The van der Waals surface area contributed by atoms with Gasteiger partial charge in [0.1, 0.15) is 0 Å². The summed E-state index contributed by atoms with van der Waals surface area (Å²) in [6, 6.07) is 1.25. The van der Waals surface area contributed by atoms with Gasteiger partial charge in [0.2, 0.25) is 5.88 Å². The van der Waals surface area contributed by atoms with Crippen LogP contribution in [0.2, 0.25) is 0 Å². The Morgan fingerprint density at radius 2 is 2.11 bits per heavy atom. The fourth-order valence-electron chi connectivity index (χ4n) is 1.26. The Hall–Kier alpha value is -2.44. The van der Waals surface area contributed by atoms with Crippen molar-refractivity contribution in [3.8, 4) is 0 Å². The summed E-state index contributed by atoms with van der Waals surface area (Å²) in [6.07, 6.45) is 3.27. The zero-order valence-corrected chi connectivity index (χ0v) is 10.1. The van der Waals surface area contributed by atoms with Gasteiger partial charge in [-0.1, -0.05) is 5.16 Å². The highest BCUT2D eigenvalue weighted by Gasteiger charge is 2.06. The van der Waals surface area contributed by atoms with Crippen LogP contribution in [0.5, 0.6) is 0 Å².